The number of rotatable bonds is 6. The quantitative estimate of drug-likeness (QED) is 0.513. The number of amides is 2. The Morgan fingerprint density at radius 1 is 1.00 bits per heavy atom. The van der Waals surface area contributed by atoms with Gasteiger partial charge in [-0.2, -0.15) is 0 Å². The number of esters is 1. The number of benzene rings is 1. The van der Waals surface area contributed by atoms with E-state index in [9.17, 15) is 24.0 Å². The average molecular weight is 413 g/mol. The van der Waals surface area contributed by atoms with Gasteiger partial charge in [-0.3, -0.25) is 28.4 Å². The van der Waals surface area contributed by atoms with Crippen LogP contribution in [0, 0.1) is 5.92 Å². The third-order valence-electron chi connectivity index (χ3n) is 5.52. The second-order valence-electron chi connectivity index (χ2n) is 7.34. The molecule has 0 saturated heterocycles. The molecule has 1 aromatic carbocycles. The van der Waals surface area contributed by atoms with Gasteiger partial charge < -0.3 is 4.74 Å². The van der Waals surface area contributed by atoms with Crippen molar-refractivity contribution in [3.05, 3.63) is 68.0 Å². The Hall–Kier alpha value is -3.49. The Labute approximate surface area is 172 Å². The third-order valence-corrected chi connectivity index (χ3v) is 5.52. The standard InChI is InChI=1S/C21H23N3O6/c1-5-12(2)17(24-18(26)14-8-6-7-9-15(14)19(24)27)20(28)30-11-13-10-16(25)23(4)21(29)22(13)3/h6-10,12,17H,5,11H2,1-4H3. The summed E-state index contributed by atoms with van der Waals surface area (Å²) in [6.07, 6.45) is 0.525. The van der Waals surface area contributed by atoms with Gasteiger partial charge in [0.25, 0.3) is 17.4 Å². The molecule has 3 rings (SSSR count). The van der Waals surface area contributed by atoms with E-state index in [1.807, 2.05) is 6.92 Å². The summed E-state index contributed by atoms with van der Waals surface area (Å²) < 4.78 is 7.50. The molecule has 0 N–H and O–H groups in total. The lowest BCUT2D eigenvalue weighted by Crippen LogP contribution is -2.49. The van der Waals surface area contributed by atoms with E-state index in [1.54, 1.807) is 31.2 Å². The summed E-state index contributed by atoms with van der Waals surface area (Å²) in [5.41, 5.74) is -0.368. The lowest BCUT2D eigenvalue weighted by molar-refractivity contribution is -0.151. The Morgan fingerprint density at radius 3 is 2.10 bits per heavy atom. The van der Waals surface area contributed by atoms with Crippen LogP contribution in [-0.2, 0) is 30.2 Å². The van der Waals surface area contributed by atoms with E-state index in [2.05, 4.69) is 0 Å². The Bertz CT molecular complexity index is 1110. The molecule has 0 saturated carbocycles. The summed E-state index contributed by atoms with van der Waals surface area (Å²) in [6.45, 7) is 3.26. The maximum atomic E-state index is 13.0. The molecule has 1 aromatic heterocycles. The van der Waals surface area contributed by atoms with Gasteiger partial charge in [0.2, 0.25) is 0 Å². The summed E-state index contributed by atoms with van der Waals surface area (Å²) in [5.74, 6) is -2.21. The minimum absolute atomic E-state index is 0.210. The number of fused-ring (bicyclic) bond motifs is 1. The largest absolute Gasteiger partial charge is 0.458 e. The number of carbonyl (C=O) groups is 3. The van der Waals surface area contributed by atoms with Crippen molar-refractivity contribution < 1.29 is 19.1 Å². The Morgan fingerprint density at radius 2 is 1.57 bits per heavy atom. The molecule has 0 radical (unpaired) electrons. The van der Waals surface area contributed by atoms with Crippen molar-refractivity contribution in [3.63, 3.8) is 0 Å². The summed E-state index contributed by atoms with van der Waals surface area (Å²) in [4.78, 5) is 63.5. The van der Waals surface area contributed by atoms with Gasteiger partial charge in [-0.25, -0.2) is 9.59 Å². The molecule has 2 unspecified atom stereocenters. The average Bonchev–Trinajstić information content (AvgIpc) is 2.99. The van der Waals surface area contributed by atoms with E-state index in [1.165, 1.54) is 24.7 Å². The second-order valence-corrected chi connectivity index (χ2v) is 7.34. The van der Waals surface area contributed by atoms with E-state index < -0.39 is 35.1 Å². The SMILES string of the molecule is CCC(C)C(C(=O)OCc1cc(=O)n(C)c(=O)n1C)N1C(=O)c2ccccc2C1=O. The van der Waals surface area contributed by atoms with Crippen LogP contribution in [0.3, 0.4) is 0 Å². The zero-order valence-corrected chi connectivity index (χ0v) is 17.2. The van der Waals surface area contributed by atoms with Crippen LogP contribution in [0.25, 0.3) is 0 Å². The van der Waals surface area contributed by atoms with E-state index in [4.69, 9.17) is 4.74 Å². The highest BCUT2D eigenvalue weighted by molar-refractivity contribution is 6.22. The predicted octanol–water partition coefficient (Wildman–Crippen LogP) is 0.838. The van der Waals surface area contributed by atoms with Crippen molar-refractivity contribution in [2.45, 2.75) is 32.9 Å². The normalized spacial score (nSPS) is 15.1. The molecule has 2 aromatic rings. The number of carbonyl (C=O) groups excluding carboxylic acids is 3. The number of hydrogen-bond donors (Lipinski definition) is 0. The fourth-order valence-corrected chi connectivity index (χ4v) is 3.42. The summed E-state index contributed by atoms with van der Waals surface area (Å²) in [7, 11) is 2.81. The minimum Gasteiger partial charge on any atom is -0.458 e. The molecule has 0 bridgehead atoms. The molecule has 9 heteroatoms. The minimum atomic E-state index is -1.12. The van der Waals surface area contributed by atoms with Crippen molar-refractivity contribution in [2.24, 2.45) is 20.0 Å². The first-order valence-electron chi connectivity index (χ1n) is 9.58. The van der Waals surface area contributed by atoms with Gasteiger partial charge in [-0.1, -0.05) is 32.4 Å². The summed E-state index contributed by atoms with van der Waals surface area (Å²) in [6, 6.07) is 6.48. The molecule has 2 atom stereocenters. The molecule has 1 aliphatic rings. The fraction of sp³-hybridized carbons (Fsp3) is 0.381. The zero-order valence-electron chi connectivity index (χ0n) is 17.2. The van der Waals surface area contributed by atoms with Gasteiger partial charge in [0.05, 0.1) is 16.8 Å². The Kier molecular flexibility index (Phi) is 5.73. The van der Waals surface area contributed by atoms with Crippen LogP contribution in [0.4, 0.5) is 0 Å². The molecule has 1 aliphatic heterocycles. The molecular formula is C21H23N3O6. The van der Waals surface area contributed by atoms with Crippen LogP contribution in [0.5, 0.6) is 0 Å². The molecule has 158 valence electrons. The second kappa shape index (κ2) is 8.10. The smallest absolute Gasteiger partial charge is 0.330 e. The number of imide groups is 1. The molecule has 30 heavy (non-hydrogen) atoms. The van der Waals surface area contributed by atoms with Gasteiger partial charge >= 0.3 is 11.7 Å². The van der Waals surface area contributed by atoms with E-state index in [0.717, 1.165) is 9.47 Å². The Balaban J connectivity index is 1.88. The monoisotopic (exact) mass is 413 g/mol. The third kappa shape index (κ3) is 3.47. The van der Waals surface area contributed by atoms with Gasteiger partial charge in [0.15, 0.2) is 0 Å². The summed E-state index contributed by atoms with van der Waals surface area (Å²) >= 11 is 0. The van der Waals surface area contributed by atoms with Crippen molar-refractivity contribution in [1.29, 1.82) is 0 Å². The number of nitrogens with zero attached hydrogens (tertiary/aromatic N) is 3. The maximum absolute atomic E-state index is 13.0. The first-order chi connectivity index (χ1) is 14.2. The molecule has 9 nitrogen and oxygen atoms in total. The molecule has 2 amide bonds. The number of aromatic nitrogens is 2. The van der Waals surface area contributed by atoms with Gasteiger partial charge in [0.1, 0.15) is 12.6 Å². The van der Waals surface area contributed by atoms with Gasteiger partial charge in [0, 0.05) is 20.2 Å². The molecule has 0 spiro atoms. The molecular weight excluding hydrogens is 390 g/mol. The summed E-state index contributed by atoms with van der Waals surface area (Å²) in [5, 5.41) is 0. The van der Waals surface area contributed by atoms with Crippen LogP contribution < -0.4 is 11.2 Å². The molecule has 2 heterocycles. The first kappa shape index (κ1) is 21.2. The van der Waals surface area contributed by atoms with Crippen molar-refractivity contribution in [3.8, 4) is 0 Å². The van der Waals surface area contributed by atoms with Crippen LogP contribution in [0.2, 0.25) is 0 Å². The van der Waals surface area contributed by atoms with Crippen LogP contribution in [0.15, 0.2) is 39.9 Å². The topological polar surface area (TPSA) is 108 Å². The van der Waals surface area contributed by atoms with Crippen molar-refractivity contribution in [2.75, 3.05) is 0 Å². The van der Waals surface area contributed by atoms with E-state index in [-0.39, 0.29) is 29.3 Å². The number of ether oxygens (including phenoxy) is 1. The number of hydrogen-bond acceptors (Lipinski definition) is 6. The van der Waals surface area contributed by atoms with Crippen molar-refractivity contribution >= 4 is 17.8 Å². The van der Waals surface area contributed by atoms with Crippen LogP contribution in [-0.4, -0.2) is 37.9 Å². The van der Waals surface area contributed by atoms with E-state index in [0.29, 0.717) is 6.42 Å². The zero-order chi connectivity index (χ0) is 22.2. The predicted molar refractivity (Wildman–Crippen MR) is 107 cm³/mol. The lowest BCUT2D eigenvalue weighted by atomic mass is 9.97. The van der Waals surface area contributed by atoms with E-state index >= 15 is 0 Å². The lowest BCUT2D eigenvalue weighted by Gasteiger charge is -2.29. The molecule has 0 aliphatic carbocycles. The van der Waals surface area contributed by atoms with Gasteiger partial charge in [-0.15, -0.1) is 0 Å². The van der Waals surface area contributed by atoms with Crippen molar-refractivity contribution in [1.82, 2.24) is 14.0 Å². The first-order valence-corrected chi connectivity index (χ1v) is 9.58. The maximum Gasteiger partial charge on any atom is 0.330 e. The highest BCUT2D eigenvalue weighted by Gasteiger charge is 2.45. The molecule has 0 fully saturated rings. The van der Waals surface area contributed by atoms with Gasteiger partial charge in [-0.05, 0) is 18.1 Å². The fourth-order valence-electron chi connectivity index (χ4n) is 3.42. The van der Waals surface area contributed by atoms with Crippen LogP contribution in [0.1, 0.15) is 46.7 Å². The highest BCUT2D eigenvalue weighted by atomic mass is 16.5. The highest BCUT2D eigenvalue weighted by Crippen LogP contribution is 2.28. The van der Waals surface area contributed by atoms with Crippen LogP contribution >= 0.6 is 0 Å².